The van der Waals surface area contributed by atoms with Gasteiger partial charge in [0.05, 0.1) is 23.9 Å². The van der Waals surface area contributed by atoms with Gasteiger partial charge in [-0.05, 0) is 43.7 Å². The third kappa shape index (κ3) is 3.35. The Labute approximate surface area is 150 Å². The van der Waals surface area contributed by atoms with Gasteiger partial charge >= 0.3 is 0 Å². The Balaban J connectivity index is 1.59. The fourth-order valence-electron chi connectivity index (χ4n) is 3.55. The monoisotopic (exact) mass is 360 g/mol. The Hall–Kier alpha value is -2.28. The summed E-state index contributed by atoms with van der Waals surface area (Å²) in [6.45, 7) is 4.11. The normalized spacial score (nSPS) is 23.0. The largest absolute Gasteiger partial charge is 0.491 e. The number of benzene rings is 1. The van der Waals surface area contributed by atoms with Crippen molar-refractivity contribution >= 4 is 22.7 Å². The first kappa shape index (κ1) is 17.1. The maximum absolute atomic E-state index is 13.5. The summed E-state index contributed by atoms with van der Waals surface area (Å²) in [5.74, 6) is -1.82. The summed E-state index contributed by atoms with van der Waals surface area (Å²) in [5.41, 5.74) is 2.74. The Morgan fingerprint density at radius 2 is 2.19 bits per heavy atom. The van der Waals surface area contributed by atoms with Crippen molar-refractivity contribution in [3.63, 3.8) is 0 Å². The van der Waals surface area contributed by atoms with Crippen molar-refractivity contribution in [1.29, 1.82) is 0 Å². The minimum absolute atomic E-state index is 0.0880. The van der Waals surface area contributed by atoms with Crippen molar-refractivity contribution in [2.75, 3.05) is 13.1 Å². The smallest absolute Gasteiger partial charge is 0.261 e. The number of likely N-dealkylation sites (tertiary alicyclic amines) is 1. The zero-order valence-corrected chi connectivity index (χ0v) is 14.9. The molecule has 1 atom stereocenters. The van der Waals surface area contributed by atoms with Crippen LogP contribution in [0.15, 0.2) is 29.3 Å². The van der Waals surface area contributed by atoms with Crippen LogP contribution in [0.4, 0.5) is 8.78 Å². The van der Waals surface area contributed by atoms with Crippen LogP contribution in [0.25, 0.3) is 16.5 Å². The molecule has 0 radical (unpaired) electrons. The molecular formula is C19H22F2N4O. The fraction of sp³-hybridized carbons (Fsp3) is 0.474. The number of aromatic nitrogens is 2. The van der Waals surface area contributed by atoms with Crippen LogP contribution in [0, 0.1) is 0 Å². The third-order valence-corrected chi connectivity index (χ3v) is 4.77. The molecule has 0 bridgehead atoms. The van der Waals surface area contributed by atoms with E-state index in [2.05, 4.69) is 15.2 Å². The molecule has 1 unspecified atom stereocenters. The molecule has 1 aromatic carbocycles. The molecule has 1 aromatic heterocycles. The number of H-pyrrole nitrogens is 1. The van der Waals surface area contributed by atoms with Crippen LogP contribution in [0.3, 0.4) is 0 Å². The van der Waals surface area contributed by atoms with Gasteiger partial charge in [0.2, 0.25) is 0 Å². The van der Waals surface area contributed by atoms with Gasteiger partial charge in [-0.2, -0.15) is 5.10 Å². The van der Waals surface area contributed by atoms with Crippen LogP contribution in [0.1, 0.15) is 32.4 Å². The molecule has 5 nitrogen and oxygen atoms in total. The summed E-state index contributed by atoms with van der Waals surface area (Å²) >= 11 is 0. The Kier molecular flexibility index (Phi) is 4.26. The maximum atomic E-state index is 13.5. The average Bonchev–Trinajstić information content (AvgIpc) is 3.17. The molecule has 0 aliphatic carbocycles. The van der Waals surface area contributed by atoms with Crippen molar-refractivity contribution in [3.05, 3.63) is 30.0 Å². The van der Waals surface area contributed by atoms with Gasteiger partial charge in [0.1, 0.15) is 11.9 Å². The van der Waals surface area contributed by atoms with Crippen molar-refractivity contribution in [1.82, 2.24) is 15.1 Å². The SMILES string of the molecule is CC(C)Oc1ccc2[nH]nc(C3=CC=NC(N4CCC(F)(F)C4)C3)c2c1. The maximum Gasteiger partial charge on any atom is 0.261 e. The first-order chi connectivity index (χ1) is 12.4. The quantitative estimate of drug-likeness (QED) is 0.900. The zero-order valence-electron chi connectivity index (χ0n) is 14.9. The first-order valence-electron chi connectivity index (χ1n) is 8.91. The van der Waals surface area contributed by atoms with Crippen LogP contribution in [0.2, 0.25) is 0 Å². The number of rotatable bonds is 4. The number of nitrogens with zero attached hydrogens (tertiary/aromatic N) is 3. The summed E-state index contributed by atoms with van der Waals surface area (Å²) in [6, 6.07) is 5.83. The number of nitrogens with one attached hydrogen (secondary N) is 1. The second-order valence-corrected chi connectivity index (χ2v) is 7.20. The van der Waals surface area contributed by atoms with Gasteiger partial charge in [-0.3, -0.25) is 15.0 Å². The lowest BCUT2D eigenvalue weighted by molar-refractivity contribution is 0.00819. The van der Waals surface area contributed by atoms with E-state index in [1.807, 2.05) is 38.1 Å². The van der Waals surface area contributed by atoms with Gasteiger partial charge in [-0.15, -0.1) is 0 Å². The van der Waals surface area contributed by atoms with E-state index in [1.165, 1.54) is 0 Å². The lowest BCUT2D eigenvalue weighted by Crippen LogP contribution is -2.35. The van der Waals surface area contributed by atoms with Crippen molar-refractivity contribution in [2.45, 2.75) is 44.9 Å². The molecular weight excluding hydrogens is 338 g/mol. The van der Waals surface area contributed by atoms with E-state index < -0.39 is 5.92 Å². The van der Waals surface area contributed by atoms with Gasteiger partial charge in [-0.25, -0.2) is 8.78 Å². The van der Waals surface area contributed by atoms with Gasteiger partial charge in [0.15, 0.2) is 0 Å². The number of dihydropyridines is 1. The van der Waals surface area contributed by atoms with Crippen LogP contribution >= 0.6 is 0 Å². The molecule has 3 heterocycles. The van der Waals surface area contributed by atoms with E-state index >= 15 is 0 Å². The van der Waals surface area contributed by atoms with E-state index in [0.29, 0.717) is 13.0 Å². The number of ether oxygens (including phenoxy) is 1. The molecule has 1 saturated heterocycles. The summed E-state index contributed by atoms with van der Waals surface area (Å²) < 4.78 is 32.9. The van der Waals surface area contributed by atoms with Crippen LogP contribution in [-0.2, 0) is 0 Å². The molecule has 138 valence electrons. The average molecular weight is 360 g/mol. The van der Waals surface area contributed by atoms with E-state index in [1.54, 1.807) is 11.1 Å². The number of halogens is 2. The Bertz CT molecular complexity index is 872. The second-order valence-electron chi connectivity index (χ2n) is 7.20. The lowest BCUT2D eigenvalue weighted by atomic mass is 10.0. The molecule has 1 fully saturated rings. The van der Waals surface area contributed by atoms with E-state index in [9.17, 15) is 8.78 Å². The highest BCUT2D eigenvalue weighted by Gasteiger charge is 2.41. The molecule has 1 N–H and O–H groups in total. The molecule has 0 saturated carbocycles. The summed E-state index contributed by atoms with van der Waals surface area (Å²) in [4.78, 5) is 6.16. The number of aliphatic imine (C=N–C) groups is 1. The van der Waals surface area contributed by atoms with E-state index in [-0.39, 0.29) is 25.2 Å². The number of hydrogen-bond donors (Lipinski definition) is 1. The number of fused-ring (bicyclic) bond motifs is 1. The third-order valence-electron chi connectivity index (χ3n) is 4.77. The van der Waals surface area contributed by atoms with Gasteiger partial charge < -0.3 is 4.74 Å². The van der Waals surface area contributed by atoms with Crippen LogP contribution in [0.5, 0.6) is 5.75 Å². The van der Waals surface area contributed by atoms with Gasteiger partial charge in [-0.1, -0.05) is 0 Å². The van der Waals surface area contributed by atoms with Crippen molar-refractivity contribution in [2.24, 2.45) is 4.99 Å². The van der Waals surface area contributed by atoms with Crippen molar-refractivity contribution < 1.29 is 13.5 Å². The number of allylic oxidation sites excluding steroid dienone is 1. The minimum atomic E-state index is -2.61. The molecule has 26 heavy (non-hydrogen) atoms. The van der Waals surface area contributed by atoms with E-state index in [4.69, 9.17) is 4.74 Å². The van der Waals surface area contributed by atoms with Gasteiger partial charge in [0.25, 0.3) is 5.92 Å². The first-order valence-corrected chi connectivity index (χ1v) is 8.91. The number of alkyl halides is 2. The predicted octanol–water partition coefficient (Wildman–Crippen LogP) is 3.88. The lowest BCUT2D eigenvalue weighted by Gasteiger charge is -2.26. The molecule has 0 amide bonds. The summed E-state index contributed by atoms with van der Waals surface area (Å²) in [6.07, 6.45) is 3.92. The van der Waals surface area contributed by atoms with Crippen LogP contribution in [-0.4, -0.2) is 52.6 Å². The van der Waals surface area contributed by atoms with E-state index in [0.717, 1.165) is 27.9 Å². The Morgan fingerprint density at radius 3 is 2.92 bits per heavy atom. The summed E-state index contributed by atoms with van der Waals surface area (Å²) in [7, 11) is 0. The number of aromatic amines is 1. The molecule has 2 aliphatic rings. The predicted molar refractivity (Wildman–Crippen MR) is 97.9 cm³/mol. The van der Waals surface area contributed by atoms with Crippen molar-refractivity contribution in [3.8, 4) is 5.75 Å². The molecule has 0 spiro atoms. The summed E-state index contributed by atoms with van der Waals surface area (Å²) in [5, 5.41) is 8.46. The molecule has 2 aromatic rings. The molecule has 4 rings (SSSR count). The fourth-order valence-corrected chi connectivity index (χ4v) is 3.55. The number of hydrogen-bond acceptors (Lipinski definition) is 4. The minimum Gasteiger partial charge on any atom is -0.491 e. The zero-order chi connectivity index (χ0) is 18.3. The topological polar surface area (TPSA) is 53.5 Å². The molecule has 7 heteroatoms. The highest BCUT2D eigenvalue weighted by Crippen LogP contribution is 2.34. The van der Waals surface area contributed by atoms with Crippen LogP contribution < -0.4 is 4.74 Å². The highest BCUT2D eigenvalue weighted by atomic mass is 19.3. The standard InChI is InChI=1S/C19H22F2N4O/c1-12(2)26-14-3-4-16-15(10-14)18(24-23-16)13-5-7-22-17(9-13)25-8-6-19(20,21)11-25/h3-5,7,10,12,17H,6,8-9,11H2,1-2H3,(H,23,24). The second kappa shape index (κ2) is 6.46. The van der Waals surface area contributed by atoms with Gasteiger partial charge in [0, 0.05) is 31.0 Å². The highest BCUT2D eigenvalue weighted by molar-refractivity contribution is 5.96. The molecule has 2 aliphatic heterocycles. The Morgan fingerprint density at radius 1 is 1.35 bits per heavy atom.